The van der Waals surface area contributed by atoms with Crippen molar-refractivity contribution in [2.24, 2.45) is 0 Å². The zero-order valence-electron chi connectivity index (χ0n) is 10.5. The first-order valence-electron chi connectivity index (χ1n) is 5.60. The van der Waals surface area contributed by atoms with Crippen LogP contribution in [0.4, 0.5) is 14.6 Å². The number of imidazole rings is 1. The van der Waals surface area contributed by atoms with Crippen LogP contribution in [0.15, 0.2) is 24.5 Å². The van der Waals surface area contributed by atoms with Crippen LogP contribution in [-0.4, -0.2) is 9.55 Å². The number of halogens is 2. The van der Waals surface area contributed by atoms with E-state index in [-0.39, 0.29) is 22.6 Å². The van der Waals surface area contributed by atoms with Gasteiger partial charge >= 0.3 is 0 Å². The normalized spacial score (nSPS) is 11.8. The molecule has 1 heterocycles. The summed E-state index contributed by atoms with van der Waals surface area (Å²) in [5, 5.41) is 0. The molecule has 0 fully saturated rings. The maximum absolute atomic E-state index is 13.7. The Bertz CT molecular complexity index is 562. The first-order valence-corrected chi connectivity index (χ1v) is 5.60. The molecule has 0 aliphatic rings. The van der Waals surface area contributed by atoms with Gasteiger partial charge in [0.15, 0.2) is 0 Å². The van der Waals surface area contributed by atoms with Crippen LogP contribution in [0, 0.1) is 11.6 Å². The second-order valence-electron chi connectivity index (χ2n) is 5.12. The molecule has 5 heteroatoms. The van der Waals surface area contributed by atoms with Crippen molar-refractivity contribution in [2.75, 3.05) is 5.73 Å². The molecule has 1 aromatic heterocycles. The van der Waals surface area contributed by atoms with Gasteiger partial charge in [0.2, 0.25) is 0 Å². The van der Waals surface area contributed by atoms with Crippen LogP contribution in [0.25, 0.3) is 11.3 Å². The van der Waals surface area contributed by atoms with E-state index >= 15 is 0 Å². The van der Waals surface area contributed by atoms with Crippen molar-refractivity contribution in [1.29, 1.82) is 0 Å². The smallest absolute Gasteiger partial charge is 0.135 e. The summed E-state index contributed by atoms with van der Waals surface area (Å²) in [7, 11) is 0. The van der Waals surface area contributed by atoms with Crippen molar-refractivity contribution >= 4 is 5.82 Å². The number of benzene rings is 1. The second-order valence-corrected chi connectivity index (χ2v) is 5.12. The van der Waals surface area contributed by atoms with E-state index in [0.29, 0.717) is 0 Å². The molecule has 0 spiro atoms. The molecule has 2 rings (SSSR count). The van der Waals surface area contributed by atoms with Crippen LogP contribution in [-0.2, 0) is 5.54 Å². The summed E-state index contributed by atoms with van der Waals surface area (Å²) < 4.78 is 29.0. The molecule has 18 heavy (non-hydrogen) atoms. The van der Waals surface area contributed by atoms with Crippen LogP contribution in [0.5, 0.6) is 0 Å². The molecule has 0 saturated carbocycles. The predicted octanol–water partition coefficient (Wildman–Crippen LogP) is 3.17. The van der Waals surface area contributed by atoms with Crippen molar-refractivity contribution in [3.8, 4) is 11.3 Å². The standard InChI is InChI=1S/C13H15F2N3/c1-13(2,3)18-7-17-11(12(18)16)10-8(14)5-4-6-9(10)15/h4-7H,16H2,1-3H3. The average molecular weight is 251 g/mol. The summed E-state index contributed by atoms with van der Waals surface area (Å²) in [6.07, 6.45) is 1.50. The fourth-order valence-corrected chi connectivity index (χ4v) is 1.81. The zero-order chi connectivity index (χ0) is 13.5. The first kappa shape index (κ1) is 12.5. The molecule has 0 atom stereocenters. The molecule has 0 unspecified atom stereocenters. The fourth-order valence-electron chi connectivity index (χ4n) is 1.81. The number of nitrogens with zero attached hydrogens (tertiary/aromatic N) is 2. The summed E-state index contributed by atoms with van der Waals surface area (Å²) in [6, 6.07) is 3.69. The molecule has 0 bridgehead atoms. The van der Waals surface area contributed by atoms with Gasteiger partial charge in [-0.2, -0.15) is 0 Å². The number of anilines is 1. The Morgan fingerprint density at radius 1 is 1.17 bits per heavy atom. The summed E-state index contributed by atoms with van der Waals surface area (Å²) in [6.45, 7) is 5.81. The maximum atomic E-state index is 13.7. The number of rotatable bonds is 1. The lowest BCUT2D eigenvalue weighted by atomic mass is 10.1. The number of hydrogen-bond donors (Lipinski definition) is 1. The molecular formula is C13H15F2N3. The van der Waals surface area contributed by atoms with E-state index in [4.69, 9.17) is 5.73 Å². The third kappa shape index (κ3) is 1.96. The highest BCUT2D eigenvalue weighted by Gasteiger charge is 2.22. The second kappa shape index (κ2) is 4.08. The van der Waals surface area contributed by atoms with Crippen LogP contribution in [0.1, 0.15) is 20.8 Å². The van der Waals surface area contributed by atoms with Crippen molar-refractivity contribution < 1.29 is 8.78 Å². The molecule has 1 aromatic carbocycles. The van der Waals surface area contributed by atoms with Gasteiger partial charge in [-0.3, -0.25) is 0 Å². The topological polar surface area (TPSA) is 43.8 Å². The minimum atomic E-state index is -0.666. The van der Waals surface area contributed by atoms with Gasteiger partial charge in [-0.25, -0.2) is 13.8 Å². The number of aromatic nitrogens is 2. The lowest BCUT2D eigenvalue weighted by Gasteiger charge is -2.22. The highest BCUT2D eigenvalue weighted by Crippen LogP contribution is 2.31. The molecule has 0 aliphatic carbocycles. The Kier molecular flexibility index (Phi) is 2.84. The van der Waals surface area contributed by atoms with E-state index in [1.54, 1.807) is 4.57 Å². The molecule has 0 aliphatic heterocycles. The van der Waals surface area contributed by atoms with E-state index < -0.39 is 11.6 Å². The van der Waals surface area contributed by atoms with E-state index in [2.05, 4.69) is 4.98 Å². The number of nitrogens with two attached hydrogens (primary N) is 1. The van der Waals surface area contributed by atoms with Crippen LogP contribution >= 0.6 is 0 Å². The molecule has 2 N–H and O–H groups in total. The predicted molar refractivity (Wildman–Crippen MR) is 67.0 cm³/mol. The van der Waals surface area contributed by atoms with Gasteiger partial charge < -0.3 is 10.3 Å². The SMILES string of the molecule is CC(C)(C)n1cnc(-c2c(F)cccc2F)c1N. The molecule has 0 amide bonds. The Hall–Kier alpha value is -1.91. The van der Waals surface area contributed by atoms with Gasteiger partial charge in [0, 0.05) is 5.54 Å². The Balaban J connectivity index is 2.64. The van der Waals surface area contributed by atoms with Crippen molar-refractivity contribution in [2.45, 2.75) is 26.3 Å². The summed E-state index contributed by atoms with van der Waals surface area (Å²) >= 11 is 0. The zero-order valence-corrected chi connectivity index (χ0v) is 10.5. The highest BCUT2D eigenvalue weighted by atomic mass is 19.1. The summed E-state index contributed by atoms with van der Waals surface area (Å²) in [5.74, 6) is -1.08. The van der Waals surface area contributed by atoms with Crippen LogP contribution < -0.4 is 5.73 Å². The third-order valence-electron chi connectivity index (χ3n) is 2.73. The highest BCUT2D eigenvalue weighted by molar-refractivity contribution is 5.71. The van der Waals surface area contributed by atoms with Gasteiger partial charge in [0.05, 0.1) is 11.9 Å². The quantitative estimate of drug-likeness (QED) is 0.846. The van der Waals surface area contributed by atoms with Crippen LogP contribution in [0.3, 0.4) is 0 Å². The van der Waals surface area contributed by atoms with Crippen LogP contribution in [0.2, 0.25) is 0 Å². The fraction of sp³-hybridized carbons (Fsp3) is 0.308. The van der Waals surface area contributed by atoms with E-state index in [1.165, 1.54) is 24.5 Å². The Labute approximate surface area is 104 Å². The minimum absolute atomic E-state index is 0.139. The first-order chi connectivity index (χ1) is 8.32. The van der Waals surface area contributed by atoms with E-state index in [9.17, 15) is 8.78 Å². The van der Waals surface area contributed by atoms with Gasteiger partial charge in [0.1, 0.15) is 23.1 Å². The Morgan fingerprint density at radius 3 is 2.17 bits per heavy atom. The number of hydrogen-bond acceptors (Lipinski definition) is 2. The maximum Gasteiger partial charge on any atom is 0.135 e. The lowest BCUT2D eigenvalue weighted by molar-refractivity contribution is 0.402. The molecule has 0 radical (unpaired) electrons. The summed E-state index contributed by atoms with van der Waals surface area (Å²) in [4.78, 5) is 4.03. The molecule has 2 aromatic rings. The minimum Gasteiger partial charge on any atom is -0.383 e. The molecule has 96 valence electrons. The third-order valence-corrected chi connectivity index (χ3v) is 2.73. The van der Waals surface area contributed by atoms with Gasteiger partial charge in [-0.15, -0.1) is 0 Å². The van der Waals surface area contributed by atoms with Crippen molar-refractivity contribution in [3.63, 3.8) is 0 Å². The largest absolute Gasteiger partial charge is 0.383 e. The number of nitrogen functional groups attached to an aromatic ring is 1. The van der Waals surface area contributed by atoms with Crippen molar-refractivity contribution in [1.82, 2.24) is 9.55 Å². The monoisotopic (exact) mass is 251 g/mol. The van der Waals surface area contributed by atoms with Crippen molar-refractivity contribution in [3.05, 3.63) is 36.2 Å². The molecular weight excluding hydrogens is 236 g/mol. The molecule has 0 saturated heterocycles. The van der Waals surface area contributed by atoms with E-state index in [1.807, 2.05) is 20.8 Å². The average Bonchev–Trinajstić information content (AvgIpc) is 2.60. The van der Waals surface area contributed by atoms with E-state index in [0.717, 1.165) is 0 Å². The Morgan fingerprint density at radius 2 is 1.72 bits per heavy atom. The molecule has 3 nitrogen and oxygen atoms in total. The summed E-state index contributed by atoms with van der Waals surface area (Å²) in [5.41, 5.74) is 5.59. The van der Waals surface area contributed by atoms with Gasteiger partial charge in [-0.1, -0.05) is 6.07 Å². The van der Waals surface area contributed by atoms with Gasteiger partial charge in [0.25, 0.3) is 0 Å². The lowest BCUT2D eigenvalue weighted by Crippen LogP contribution is -2.22. The van der Waals surface area contributed by atoms with Gasteiger partial charge in [-0.05, 0) is 32.9 Å².